The molecule has 5 nitrogen and oxygen atoms in total. The Hall–Kier alpha value is -0.790. The van der Waals surface area contributed by atoms with Crippen LogP contribution in [0.4, 0.5) is 5.69 Å². The van der Waals surface area contributed by atoms with Crippen molar-refractivity contribution in [3.05, 3.63) is 35.0 Å². The number of hydroxylamine groups is 1. The number of hydrogen-bond donors (Lipinski definition) is 3. The van der Waals surface area contributed by atoms with Crippen LogP contribution in [-0.2, 0) is 11.1 Å². The molecule has 0 saturated carbocycles. The zero-order valence-corrected chi connectivity index (χ0v) is 8.49. The van der Waals surface area contributed by atoms with Crippen LogP contribution in [0.15, 0.2) is 24.3 Å². The first-order chi connectivity index (χ1) is 6.52. The van der Waals surface area contributed by atoms with Crippen LogP contribution in [0, 0.1) is 5.21 Å². The minimum Gasteiger partial charge on any atom is -0.629 e. The van der Waals surface area contributed by atoms with E-state index in [9.17, 15) is 5.21 Å². The lowest BCUT2D eigenvalue weighted by Gasteiger charge is -2.15. The first kappa shape index (κ1) is 11.3. The minimum absolute atomic E-state index is 0.0304. The van der Waals surface area contributed by atoms with Crippen LogP contribution in [0.25, 0.3) is 0 Å². The fourth-order valence-corrected chi connectivity index (χ4v) is 1.43. The minimum atomic E-state index is -1.84. The van der Waals surface area contributed by atoms with Gasteiger partial charge in [0.1, 0.15) is 5.69 Å². The molecule has 78 valence electrons. The number of rotatable bonds is 3. The second kappa shape index (κ2) is 4.63. The highest BCUT2D eigenvalue weighted by Gasteiger charge is 2.17. The molecule has 5 N–H and O–H groups in total. The quantitative estimate of drug-likeness (QED) is 0.367. The summed E-state index contributed by atoms with van der Waals surface area (Å²) in [6.45, 7) is 0. The van der Waals surface area contributed by atoms with Gasteiger partial charge in [-0.2, -0.15) is 0 Å². The Labute approximate surface area is 84.4 Å². The van der Waals surface area contributed by atoms with Crippen LogP contribution in [0.5, 0.6) is 0 Å². The maximum absolute atomic E-state index is 10.9. The SMILES string of the molecule is C[NH+]([O-])c1ccc(C(N)S(O)=[OH+])cc1. The van der Waals surface area contributed by atoms with E-state index in [1.807, 2.05) is 0 Å². The van der Waals surface area contributed by atoms with Crippen LogP contribution >= 0.6 is 0 Å². The molecule has 0 spiro atoms. The van der Waals surface area contributed by atoms with Gasteiger partial charge in [-0.15, -0.1) is 0 Å². The molecule has 1 aromatic rings. The fourth-order valence-electron chi connectivity index (χ4n) is 1.03. The van der Waals surface area contributed by atoms with Crippen molar-refractivity contribution in [2.45, 2.75) is 5.37 Å². The molecule has 0 amide bonds. The first-order valence-electron chi connectivity index (χ1n) is 4.00. The van der Waals surface area contributed by atoms with Gasteiger partial charge in [-0.05, 0) is 17.7 Å². The summed E-state index contributed by atoms with van der Waals surface area (Å²) in [6.07, 6.45) is 0. The summed E-state index contributed by atoms with van der Waals surface area (Å²) in [4.78, 5) is 0. The van der Waals surface area contributed by atoms with Gasteiger partial charge in [-0.1, -0.05) is 12.1 Å². The molecule has 3 unspecified atom stereocenters. The van der Waals surface area contributed by atoms with Crippen molar-refractivity contribution in [1.29, 1.82) is 0 Å². The van der Waals surface area contributed by atoms with E-state index in [0.29, 0.717) is 11.3 Å². The summed E-state index contributed by atoms with van der Waals surface area (Å²) in [5, 5.41) is 10.1. The number of quaternary nitrogens is 1. The molecule has 0 radical (unpaired) electrons. The lowest BCUT2D eigenvalue weighted by Crippen LogP contribution is -2.98. The zero-order valence-electron chi connectivity index (χ0n) is 7.68. The van der Waals surface area contributed by atoms with E-state index in [2.05, 4.69) is 0 Å². The van der Waals surface area contributed by atoms with E-state index in [1.165, 1.54) is 7.05 Å². The van der Waals surface area contributed by atoms with Crippen LogP contribution in [0.2, 0.25) is 0 Å². The van der Waals surface area contributed by atoms with Crippen LogP contribution < -0.4 is 10.8 Å². The molecule has 0 aliphatic heterocycles. The van der Waals surface area contributed by atoms with Gasteiger partial charge in [0.15, 0.2) is 5.37 Å². The van der Waals surface area contributed by atoms with Gasteiger partial charge in [0.2, 0.25) is 0 Å². The van der Waals surface area contributed by atoms with Gasteiger partial charge in [-0.25, -0.2) is 4.21 Å². The van der Waals surface area contributed by atoms with Crippen LogP contribution in [0.3, 0.4) is 0 Å². The largest absolute Gasteiger partial charge is 0.629 e. The van der Waals surface area contributed by atoms with E-state index >= 15 is 0 Å². The molecule has 6 heteroatoms. The predicted molar refractivity (Wildman–Crippen MR) is 55.2 cm³/mol. The summed E-state index contributed by atoms with van der Waals surface area (Å²) < 4.78 is 17.7. The fraction of sp³-hybridized carbons (Fsp3) is 0.250. The molecule has 0 heterocycles. The smallest absolute Gasteiger partial charge is 0.350 e. The van der Waals surface area contributed by atoms with Crippen molar-refractivity contribution in [3.8, 4) is 0 Å². The molecule has 3 atom stereocenters. The summed E-state index contributed by atoms with van der Waals surface area (Å²) in [6, 6.07) is 6.47. The van der Waals surface area contributed by atoms with Gasteiger partial charge in [0.25, 0.3) is 0 Å². The van der Waals surface area contributed by atoms with E-state index < -0.39 is 16.5 Å². The second-order valence-corrected chi connectivity index (χ2v) is 3.98. The maximum Gasteiger partial charge on any atom is 0.350 e. The monoisotopic (exact) mass is 217 g/mol. The van der Waals surface area contributed by atoms with E-state index in [0.717, 1.165) is 0 Å². The molecule has 1 aromatic carbocycles. The van der Waals surface area contributed by atoms with Crippen LogP contribution in [0.1, 0.15) is 10.9 Å². The molecule has 0 aromatic heterocycles. The van der Waals surface area contributed by atoms with Crippen LogP contribution in [-0.4, -0.2) is 15.8 Å². The third-order valence-electron chi connectivity index (χ3n) is 1.87. The highest BCUT2D eigenvalue weighted by molar-refractivity contribution is 7.79. The Morgan fingerprint density at radius 2 is 2.00 bits per heavy atom. The molecule has 14 heavy (non-hydrogen) atoms. The van der Waals surface area contributed by atoms with Crippen molar-refractivity contribution >= 4 is 16.8 Å². The van der Waals surface area contributed by atoms with E-state index in [1.54, 1.807) is 24.3 Å². The molecule has 0 bridgehead atoms. The molecule has 0 saturated heterocycles. The van der Waals surface area contributed by atoms with Gasteiger partial charge in [-0.3, -0.25) is 4.55 Å². The average molecular weight is 217 g/mol. The Bertz CT molecular complexity index is 326. The predicted octanol–water partition coefficient (Wildman–Crippen LogP) is -0.333. The van der Waals surface area contributed by atoms with Crippen molar-refractivity contribution in [2.24, 2.45) is 5.73 Å². The standard InChI is InChI=1S/C8H12N2O3S/c1-10(11)7-4-2-6(3-5-7)8(9)14(12)13/h2-5,8,10H,9H2,1H3,(H,12,13)/p+1. The van der Waals surface area contributed by atoms with Crippen molar-refractivity contribution < 1.29 is 13.8 Å². The van der Waals surface area contributed by atoms with Gasteiger partial charge < -0.3 is 16.0 Å². The molecule has 0 fully saturated rings. The third-order valence-corrected chi connectivity index (χ3v) is 2.60. The lowest BCUT2D eigenvalue weighted by atomic mass is 10.2. The molecule has 1 rings (SSSR count). The lowest BCUT2D eigenvalue weighted by molar-refractivity contribution is -0.751. The second-order valence-electron chi connectivity index (χ2n) is 2.89. The Kier molecular flexibility index (Phi) is 3.73. The molecular weight excluding hydrogens is 204 g/mol. The Balaban J connectivity index is 2.88. The number of nitrogens with two attached hydrogens (primary N) is 1. The molecular formula is C8H13N2O3S+. The number of benzene rings is 1. The summed E-state index contributed by atoms with van der Waals surface area (Å²) in [5.41, 5.74) is 6.67. The first-order valence-corrected chi connectivity index (χ1v) is 5.20. The third kappa shape index (κ3) is 2.60. The summed E-state index contributed by atoms with van der Waals surface area (Å²) in [7, 11) is 1.47. The van der Waals surface area contributed by atoms with Gasteiger partial charge >= 0.3 is 11.1 Å². The number of hydrogen-bond acceptors (Lipinski definition) is 2. The van der Waals surface area contributed by atoms with Crippen molar-refractivity contribution in [3.63, 3.8) is 0 Å². The maximum atomic E-state index is 10.9. The average Bonchev–Trinajstić information content (AvgIpc) is 2.16. The van der Waals surface area contributed by atoms with Crippen molar-refractivity contribution in [2.75, 3.05) is 7.05 Å². The summed E-state index contributed by atoms with van der Waals surface area (Å²) >= 11 is -1.84. The van der Waals surface area contributed by atoms with E-state index in [-0.39, 0.29) is 5.06 Å². The Morgan fingerprint density at radius 3 is 2.36 bits per heavy atom. The van der Waals surface area contributed by atoms with Gasteiger partial charge in [0.05, 0.1) is 7.05 Å². The number of nitrogens with one attached hydrogen (secondary N) is 1. The Morgan fingerprint density at radius 1 is 1.50 bits per heavy atom. The normalized spacial score (nSPS) is 17.4. The van der Waals surface area contributed by atoms with Gasteiger partial charge in [0, 0.05) is 0 Å². The van der Waals surface area contributed by atoms with Crippen molar-refractivity contribution in [1.82, 2.24) is 0 Å². The zero-order chi connectivity index (χ0) is 10.7. The molecule has 0 aliphatic rings. The highest BCUT2D eigenvalue weighted by atomic mass is 32.2. The van der Waals surface area contributed by atoms with E-state index in [4.69, 9.17) is 14.5 Å². The molecule has 0 aliphatic carbocycles. The topological polar surface area (TPSA) is 95.2 Å². The highest BCUT2D eigenvalue weighted by Crippen LogP contribution is 2.14. The summed E-state index contributed by atoms with van der Waals surface area (Å²) in [5.74, 6) is 0.